The Morgan fingerprint density at radius 1 is 1.16 bits per heavy atom. The number of carbonyl (C=O) groups excluding carboxylic acids is 2. The maximum Gasteiger partial charge on any atom is 0.416 e. The number of hydrogen-bond acceptors (Lipinski definition) is 6. The summed E-state index contributed by atoms with van der Waals surface area (Å²) in [5.74, 6) is -1.82. The summed E-state index contributed by atoms with van der Waals surface area (Å²) in [5.41, 5.74) is -1.61. The van der Waals surface area contributed by atoms with Crippen LogP contribution in [0.4, 0.5) is 24.5 Å². The summed E-state index contributed by atoms with van der Waals surface area (Å²) >= 11 is 0. The summed E-state index contributed by atoms with van der Waals surface area (Å²) in [4.78, 5) is 34.1. The van der Waals surface area contributed by atoms with E-state index >= 15 is 0 Å². The number of nitrogens with zero attached hydrogens (tertiary/aromatic N) is 3. The lowest BCUT2D eigenvalue weighted by Gasteiger charge is -2.10. The van der Waals surface area contributed by atoms with Crippen LogP contribution in [0.3, 0.4) is 0 Å². The normalized spacial score (nSPS) is 11.1. The summed E-state index contributed by atoms with van der Waals surface area (Å²) < 4.78 is 44.6. The third-order valence-corrected chi connectivity index (χ3v) is 4.19. The molecule has 0 spiro atoms. The summed E-state index contributed by atoms with van der Waals surface area (Å²) in [6.45, 7) is -0.396. The Labute approximate surface area is 178 Å². The van der Waals surface area contributed by atoms with Gasteiger partial charge in [0.05, 0.1) is 28.8 Å². The summed E-state index contributed by atoms with van der Waals surface area (Å²) in [6.07, 6.45) is -2.11. The summed E-state index contributed by atoms with van der Waals surface area (Å²) in [6, 6.07) is 11.0. The van der Waals surface area contributed by atoms with Crippen LogP contribution < -0.4 is 5.32 Å². The molecule has 12 heteroatoms. The predicted molar refractivity (Wildman–Crippen MR) is 105 cm³/mol. The number of aromatic nitrogens is 2. The molecule has 2 aromatic carbocycles. The van der Waals surface area contributed by atoms with Crippen LogP contribution in [-0.4, -0.2) is 33.2 Å². The largest absolute Gasteiger partial charge is 0.452 e. The molecule has 32 heavy (non-hydrogen) atoms. The molecule has 0 saturated carbocycles. The van der Waals surface area contributed by atoms with Gasteiger partial charge in [-0.05, 0) is 17.7 Å². The minimum absolute atomic E-state index is 0.0780. The lowest BCUT2D eigenvalue weighted by atomic mass is 10.1. The lowest BCUT2D eigenvalue weighted by Crippen LogP contribution is -2.21. The van der Waals surface area contributed by atoms with Gasteiger partial charge in [-0.2, -0.15) is 18.3 Å². The molecule has 3 aromatic rings. The number of esters is 1. The summed E-state index contributed by atoms with van der Waals surface area (Å²) in [5, 5.41) is 17.2. The van der Waals surface area contributed by atoms with Gasteiger partial charge in [0, 0.05) is 12.3 Å². The van der Waals surface area contributed by atoms with Gasteiger partial charge in [0.1, 0.15) is 5.69 Å². The van der Waals surface area contributed by atoms with Crippen molar-refractivity contribution in [3.8, 4) is 0 Å². The number of rotatable bonds is 7. The fourth-order valence-electron chi connectivity index (χ4n) is 2.69. The quantitative estimate of drug-likeness (QED) is 0.335. The molecule has 1 heterocycles. The van der Waals surface area contributed by atoms with Gasteiger partial charge in [-0.25, -0.2) is 4.79 Å². The van der Waals surface area contributed by atoms with E-state index in [1.165, 1.54) is 17.1 Å². The highest BCUT2D eigenvalue weighted by molar-refractivity contribution is 5.96. The van der Waals surface area contributed by atoms with Crippen molar-refractivity contribution in [1.29, 1.82) is 0 Å². The van der Waals surface area contributed by atoms with Crippen molar-refractivity contribution in [3.05, 3.63) is 87.7 Å². The predicted octanol–water partition coefficient (Wildman–Crippen LogP) is 3.65. The minimum Gasteiger partial charge on any atom is -0.452 e. The van der Waals surface area contributed by atoms with Crippen LogP contribution in [-0.2, 0) is 22.3 Å². The molecule has 0 aliphatic rings. The fraction of sp³-hybridized carbons (Fsp3) is 0.150. The van der Waals surface area contributed by atoms with Crippen LogP contribution in [0.1, 0.15) is 21.5 Å². The van der Waals surface area contributed by atoms with E-state index in [1.807, 2.05) is 30.3 Å². The smallest absolute Gasteiger partial charge is 0.416 e. The highest BCUT2D eigenvalue weighted by Crippen LogP contribution is 2.34. The molecule has 0 radical (unpaired) electrons. The monoisotopic (exact) mass is 448 g/mol. The number of ether oxygens (including phenoxy) is 1. The van der Waals surface area contributed by atoms with E-state index in [0.717, 1.165) is 11.6 Å². The van der Waals surface area contributed by atoms with Gasteiger partial charge in [0.15, 0.2) is 6.61 Å². The number of nitrogens with one attached hydrogen (secondary N) is 1. The van der Waals surface area contributed by atoms with Gasteiger partial charge in [-0.15, -0.1) is 0 Å². The van der Waals surface area contributed by atoms with E-state index in [-0.39, 0.29) is 5.56 Å². The maximum absolute atomic E-state index is 12.7. The third kappa shape index (κ3) is 5.68. The number of alkyl halides is 3. The molecule has 3 rings (SSSR count). The number of halogens is 3. The lowest BCUT2D eigenvalue weighted by molar-refractivity contribution is -0.384. The molecule has 166 valence electrons. The van der Waals surface area contributed by atoms with Crippen LogP contribution in [0, 0.1) is 10.1 Å². The van der Waals surface area contributed by atoms with E-state index in [4.69, 9.17) is 4.74 Å². The van der Waals surface area contributed by atoms with Gasteiger partial charge in [0.2, 0.25) is 0 Å². The second-order valence-corrected chi connectivity index (χ2v) is 6.52. The van der Waals surface area contributed by atoms with Crippen LogP contribution >= 0.6 is 0 Å². The second-order valence-electron chi connectivity index (χ2n) is 6.52. The molecule has 0 bridgehead atoms. The molecule has 0 aliphatic carbocycles. The van der Waals surface area contributed by atoms with Crippen molar-refractivity contribution in [2.24, 2.45) is 0 Å². The maximum atomic E-state index is 12.7. The van der Waals surface area contributed by atoms with Gasteiger partial charge in [-0.1, -0.05) is 30.3 Å². The molecular formula is C20H15F3N4O5. The van der Waals surface area contributed by atoms with E-state index in [2.05, 4.69) is 10.4 Å². The topological polar surface area (TPSA) is 116 Å². The highest BCUT2D eigenvalue weighted by Gasteiger charge is 2.33. The molecule has 9 nitrogen and oxygen atoms in total. The Balaban J connectivity index is 1.59. The van der Waals surface area contributed by atoms with Gasteiger partial charge < -0.3 is 10.1 Å². The zero-order valence-electron chi connectivity index (χ0n) is 16.2. The van der Waals surface area contributed by atoms with Crippen molar-refractivity contribution in [3.63, 3.8) is 0 Å². The molecule has 1 N–H and O–H groups in total. The second kappa shape index (κ2) is 9.29. The van der Waals surface area contributed by atoms with E-state index < -0.39 is 46.5 Å². The summed E-state index contributed by atoms with van der Waals surface area (Å²) in [7, 11) is 0. The molecular weight excluding hydrogens is 433 g/mol. The molecule has 0 unspecified atom stereocenters. The van der Waals surface area contributed by atoms with Crippen molar-refractivity contribution >= 4 is 23.3 Å². The number of carbonyl (C=O) groups is 2. The van der Waals surface area contributed by atoms with Crippen LogP contribution in [0.2, 0.25) is 0 Å². The molecule has 0 atom stereocenters. The van der Waals surface area contributed by atoms with E-state index in [1.54, 1.807) is 0 Å². The van der Waals surface area contributed by atoms with Crippen LogP contribution in [0.15, 0.2) is 60.9 Å². The van der Waals surface area contributed by atoms with Crippen molar-refractivity contribution < 1.29 is 32.4 Å². The fourth-order valence-corrected chi connectivity index (χ4v) is 2.69. The zero-order valence-corrected chi connectivity index (χ0v) is 16.2. The van der Waals surface area contributed by atoms with Crippen molar-refractivity contribution in [2.45, 2.75) is 12.7 Å². The first kappa shape index (κ1) is 22.5. The third-order valence-electron chi connectivity index (χ3n) is 4.19. The Bertz CT molecular complexity index is 1150. The van der Waals surface area contributed by atoms with E-state index in [0.29, 0.717) is 18.7 Å². The van der Waals surface area contributed by atoms with Gasteiger partial charge in [-0.3, -0.25) is 19.6 Å². The standard InChI is InChI=1S/C20H15F3N4O5/c21-20(22,23)15-6-7-16(17(8-15)27(30)31)25-18(28)12-32-19(29)14-9-24-26(11-14)10-13-4-2-1-3-5-13/h1-9,11H,10,12H2,(H,25,28). The first-order valence-corrected chi connectivity index (χ1v) is 9.02. The molecule has 1 aromatic heterocycles. The first-order chi connectivity index (χ1) is 15.1. The van der Waals surface area contributed by atoms with Crippen LogP contribution in [0.5, 0.6) is 0 Å². The molecule has 0 saturated heterocycles. The van der Waals surface area contributed by atoms with Crippen molar-refractivity contribution in [2.75, 3.05) is 11.9 Å². The van der Waals surface area contributed by atoms with Gasteiger partial charge in [0.25, 0.3) is 11.6 Å². The van der Waals surface area contributed by atoms with Gasteiger partial charge >= 0.3 is 12.1 Å². The number of amides is 1. The number of anilines is 1. The average Bonchev–Trinajstić information content (AvgIpc) is 3.20. The Kier molecular flexibility index (Phi) is 6.52. The Morgan fingerprint density at radius 3 is 2.53 bits per heavy atom. The molecule has 0 aliphatic heterocycles. The number of nitro groups is 1. The van der Waals surface area contributed by atoms with Crippen molar-refractivity contribution in [1.82, 2.24) is 9.78 Å². The number of hydrogen-bond donors (Lipinski definition) is 1. The molecule has 1 amide bonds. The molecule has 0 fully saturated rings. The average molecular weight is 448 g/mol. The SMILES string of the molecule is O=C(COC(=O)c1cnn(Cc2ccccc2)c1)Nc1ccc(C(F)(F)F)cc1[N+](=O)[O-]. The first-order valence-electron chi connectivity index (χ1n) is 9.02. The zero-order chi connectivity index (χ0) is 23.3. The minimum atomic E-state index is -4.78. The highest BCUT2D eigenvalue weighted by atomic mass is 19.4. The number of benzene rings is 2. The number of nitro benzene ring substituents is 1. The van der Waals surface area contributed by atoms with Crippen LogP contribution in [0.25, 0.3) is 0 Å². The Hall–Kier alpha value is -4.22. The van der Waals surface area contributed by atoms with E-state index in [9.17, 15) is 32.9 Å². The Morgan fingerprint density at radius 2 is 1.88 bits per heavy atom.